The molecule has 10 heteroatoms. The first kappa shape index (κ1) is 19.5. The van der Waals surface area contributed by atoms with Crippen molar-refractivity contribution in [3.05, 3.63) is 55.7 Å². The summed E-state index contributed by atoms with van der Waals surface area (Å²) in [4.78, 5) is 47.9. The monoisotopic (exact) mass is 373 g/mol. The predicted molar refractivity (Wildman–Crippen MR) is 90.8 cm³/mol. The average Bonchev–Trinajstić information content (AvgIpc) is 2.69. The van der Waals surface area contributed by atoms with Crippen molar-refractivity contribution in [1.29, 1.82) is 5.26 Å². The first-order chi connectivity index (χ1) is 12.7. The Bertz CT molecular complexity index is 1060. The molecule has 0 saturated heterocycles. The molecule has 27 heavy (non-hydrogen) atoms. The fourth-order valence-corrected chi connectivity index (χ4v) is 2.28. The molecule has 0 N–H and O–H groups in total. The number of ether oxygens (including phenoxy) is 3. The lowest BCUT2D eigenvalue weighted by atomic mass is 10.1. The zero-order valence-corrected chi connectivity index (χ0v) is 14.9. The summed E-state index contributed by atoms with van der Waals surface area (Å²) < 4.78 is 16.5. The molecule has 0 aliphatic heterocycles. The summed E-state index contributed by atoms with van der Waals surface area (Å²) in [6, 6.07) is 5.40. The van der Waals surface area contributed by atoms with Crippen molar-refractivity contribution < 1.29 is 23.8 Å². The van der Waals surface area contributed by atoms with Crippen molar-refractivity contribution in [3.8, 4) is 17.7 Å². The van der Waals surface area contributed by atoms with Crippen LogP contribution in [0.25, 0.3) is 0 Å². The second-order valence-electron chi connectivity index (χ2n) is 5.33. The highest BCUT2D eigenvalue weighted by molar-refractivity contribution is 5.96. The van der Waals surface area contributed by atoms with E-state index in [9.17, 15) is 24.4 Å². The minimum atomic E-state index is -0.840. The lowest BCUT2D eigenvalue weighted by Crippen LogP contribution is -2.38. The van der Waals surface area contributed by atoms with Crippen molar-refractivity contribution in [2.45, 2.75) is 0 Å². The first-order valence-electron chi connectivity index (χ1n) is 7.44. The zero-order chi connectivity index (χ0) is 20.3. The number of nitrogens with zero attached hydrogens (tertiary/aromatic N) is 3. The van der Waals surface area contributed by atoms with E-state index < -0.39 is 28.8 Å². The van der Waals surface area contributed by atoms with E-state index >= 15 is 0 Å². The third-order valence-corrected chi connectivity index (χ3v) is 3.69. The van der Waals surface area contributed by atoms with Gasteiger partial charge in [0.15, 0.2) is 5.56 Å². The molecule has 0 unspecified atom stereocenters. The van der Waals surface area contributed by atoms with Gasteiger partial charge in [0.25, 0.3) is 5.56 Å². The van der Waals surface area contributed by atoms with Crippen molar-refractivity contribution in [3.63, 3.8) is 0 Å². The summed E-state index contributed by atoms with van der Waals surface area (Å²) in [6.07, 6.45) is 0. The van der Waals surface area contributed by atoms with Gasteiger partial charge < -0.3 is 14.2 Å². The predicted octanol–water partition coefficient (Wildman–Crippen LogP) is 0.321. The number of carbonyl (C=O) groups excluding carboxylic acids is 2. The number of esters is 2. The molecule has 2 aromatic rings. The lowest BCUT2D eigenvalue weighted by Gasteiger charge is -2.14. The van der Waals surface area contributed by atoms with Gasteiger partial charge in [0.1, 0.15) is 11.8 Å². The number of carbonyl (C=O) groups is 2. The van der Waals surface area contributed by atoms with Crippen LogP contribution in [0.2, 0.25) is 0 Å². The van der Waals surface area contributed by atoms with Crippen LogP contribution in [-0.4, -0.2) is 35.3 Å². The maximum atomic E-state index is 12.1. The summed E-state index contributed by atoms with van der Waals surface area (Å²) >= 11 is 0. The number of nitriles is 1. The number of hydrogen-bond acceptors (Lipinski definition) is 8. The van der Waals surface area contributed by atoms with Crippen LogP contribution in [0.15, 0.2) is 27.8 Å². The molecule has 0 spiro atoms. The molecular formula is C17H15N3O7. The number of methoxy groups -OCH3 is 2. The summed E-state index contributed by atoms with van der Waals surface area (Å²) in [5, 5.41) is 9.27. The van der Waals surface area contributed by atoms with Crippen LogP contribution in [0, 0.1) is 11.3 Å². The Kier molecular flexibility index (Phi) is 5.45. The van der Waals surface area contributed by atoms with Gasteiger partial charge in [-0.3, -0.25) is 13.9 Å². The lowest BCUT2D eigenvalue weighted by molar-refractivity contribution is 0.0598. The van der Waals surface area contributed by atoms with Crippen LogP contribution in [-0.2, 0) is 23.6 Å². The van der Waals surface area contributed by atoms with Gasteiger partial charge >= 0.3 is 17.6 Å². The Morgan fingerprint density at radius 3 is 1.93 bits per heavy atom. The molecule has 1 aromatic carbocycles. The molecule has 140 valence electrons. The SMILES string of the molecule is COC(=O)c1cc(Oc2c(C#N)c(=O)n(C)c(=O)n2C)cc(C(=O)OC)c1. The molecule has 0 aliphatic carbocycles. The molecule has 10 nitrogen and oxygen atoms in total. The molecule has 0 aliphatic rings. The van der Waals surface area contributed by atoms with Crippen LogP contribution in [0.5, 0.6) is 11.6 Å². The third kappa shape index (κ3) is 3.57. The summed E-state index contributed by atoms with van der Waals surface area (Å²) in [6.45, 7) is 0. The Labute approximate surface area is 152 Å². The number of rotatable bonds is 4. The van der Waals surface area contributed by atoms with Gasteiger partial charge in [-0.1, -0.05) is 0 Å². The van der Waals surface area contributed by atoms with Crippen molar-refractivity contribution >= 4 is 11.9 Å². The van der Waals surface area contributed by atoms with Crippen LogP contribution < -0.4 is 16.0 Å². The third-order valence-electron chi connectivity index (χ3n) is 3.69. The second-order valence-corrected chi connectivity index (χ2v) is 5.33. The van der Waals surface area contributed by atoms with E-state index in [2.05, 4.69) is 9.47 Å². The maximum absolute atomic E-state index is 12.1. The molecule has 0 bridgehead atoms. The number of benzene rings is 1. The van der Waals surface area contributed by atoms with Crippen molar-refractivity contribution in [2.24, 2.45) is 14.1 Å². The fourth-order valence-electron chi connectivity index (χ4n) is 2.28. The van der Waals surface area contributed by atoms with Crippen molar-refractivity contribution in [1.82, 2.24) is 9.13 Å². The summed E-state index contributed by atoms with van der Waals surface area (Å²) in [5.74, 6) is -1.89. The quantitative estimate of drug-likeness (QED) is 0.701. The molecule has 0 radical (unpaired) electrons. The Morgan fingerprint density at radius 1 is 0.963 bits per heavy atom. The van der Waals surface area contributed by atoms with Gasteiger partial charge in [-0.25, -0.2) is 14.4 Å². The van der Waals surface area contributed by atoms with Gasteiger partial charge in [-0.05, 0) is 18.2 Å². The van der Waals surface area contributed by atoms with Crippen LogP contribution in [0.1, 0.15) is 26.3 Å². The van der Waals surface area contributed by atoms with E-state index in [1.54, 1.807) is 6.07 Å². The average molecular weight is 373 g/mol. The Balaban J connectivity index is 2.70. The molecule has 0 saturated carbocycles. The minimum Gasteiger partial charge on any atom is -0.465 e. The normalized spacial score (nSPS) is 10.0. The van der Waals surface area contributed by atoms with Crippen LogP contribution >= 0.6 is 0 Å². The van der Waals surface area contributed by atoms with Gasteiger partial charge in [0.05, 0.1) is 25.3 Å². The molecule has 0 amide bonds. The number of hydrogen-bond donors (Lipinski definition) is 0. The minimum absolute atomic E-state index is 0.0252. The van der Waals surface area contributed by atoms with E-state index in [0.717, 1.165) is 23.4 Å². The van der Waals surface area contributed by atoms with E-state index in [-0.39, 0.29) is 22.8 Å². The molecule has 0 atom stereocenters. The Morgan fingerprint density at radius 2 is 1.48 bits per heavy atom. The Hall–Kier alpha value is -3.87. The molecule has 2 rings (SSSR count). The summed E-state index contributed by atoms with van der Waals surface area (Å²) in [7, 11) is 4.85. The molecule has 1 heterocycles. The molecular weight excluding hydrogens is 358 g/mol. The number of aromatic nitrogens is 2. The second kappa shape index (κ2) is 7.57. The van der Waals surface area contributed by atoms with E-state index in [1.807, 2.05) is 0 Å². The van der Waals surface area contributed by atoms with Gasteiger partial charge in [0, 0.05) is 14.1 Å². The highest BCUT2D eigenvalue weighted by Gasteiger charge is 2.20. The maximum Gasteiger partial charge on any atom is 0.338 e. The van der Waals surface area contributed by atoms with Crippen LogP contribution in [0.3, 0.4) is 0 Å². The standard InChI is InChI=1S/C17H15N3O7/c1-19-13(21)12(8-18)14(20(2)17(19)24)27-11-6-9(15(22)25-3)5-10(7-11)16(23)26-4/h5-7H,1-4H3. The molecule has 0 fully saturated rings. The first-order valence-corrected chi connectivity index (χ1v) is 7.44. The van der Waals surface area contributed by atoms with E-state index in [0.29, 0.717) is 0 Å². The van der Waals surface area contributed by atoms with Gasteiger partial charge in [-0.15, -0.1) is 0 Å². The van der Waals surface area contributed by atoms with Crippen LogP contribution in [0.4, 0.5) is 0 Å². The largest absolute Gasteiger partial charge is 0.465 e. The highest BCUT2D eigenvalue weighted by Crippen LogP contribution is 2.25. The highest BCUT2D eigenvalue weighted by atomic mass is 16.5. The van der Waals surface area contributed by atoms with E-state index in [4.69, 9.17) is 4.74 Å². The smallest absolute Gasteiger partial charge is 0.338 e. The van der Waals surface area contributed by atoms with E-state index in [1.165, 1.54) is 32.3 Å². The molecule has 1 aromatic heterocycles. The van der Waals surface area contributed by atoms with Gasteiger partial charge in [-0.2, -0.15) is 5.26 Å². The summed E-state index contributed by atoms with van der Waals surface area (Å²) in [5.41, 5.74) is -2.02. The van der Waals surface area contributed by atoms with Gasteiger partial charge in [0.2, 0.25) is 5.88 Å². The fraction of sp³-hybridized carbons (Fsp3) is 0.235. The van der Waals surface area contributed by atoms with Crippen molar-refractivity contribution in [2.75, 3.05) is 14.2 Å². The zero-order valence-electron chi connectivity index (χ0n) is 14.9. The topological polar surface area (TPSA) is 130 Å².